The summed E-state index contributed by atoms with van der Waals surface area (Å²) in [5.74, 6) is -1.06. The zero-order chi connectivity index (χ0) is 20.9. The van der Waals surface area contributed by atoms with Gasteiger partial charge < -0.3 is 9.84 Å². The Kier molecular flexibility index (Phi) is 15.0. The Bertz CT molecular complexity index is 552. The van der Waals surface area contributed by atoms with Crippen molar-refractivity contribution in [1.82, 2.24) is 14.7 Å². The predicted molar refractivity (Wildman–Crippen MR) is 112 cm³/mol. The van der Waals surface area contributed by atoms with Crippen LogP contribution < -0.4 is 5.32 Å². The maximum Gasteiger partial charge on any atom is 0.346 e. The van der Waals surface area contributed by atoms with Gasteiger partial charge in [-0.15, -0.1) is 46.4 Å². The lowest BCUT2D eigenvalue weighted by Gasteiger charge is -2.37. The fraction of sp³-hybridized carbons (Fsp3) is 0.923. The normalized spacial score (nSPS) is 12.7. The first-order chi connectivity index (χ1) is 12.7. The van der Waals surface area contributed by atoms with Crippen LogP contribution in [-0.2, 0) is 23.7 Å². The van der Waals surface area contributed by atoms with E-state index in [2.05, 4.69) is 5.32 Å². The van der Waals surface area contributed by atoms with Crippen molar-refractivity contribution in [2.75, 3.05) is 74.9 Å². The monoisotopic (exact) mass is 507 g/mol. The van der Waals surface area contributed by atoms with E-state index in [1.165, 1.54) is 16.4 Å². The molecule has 0 aliphatic carbocycles. The highest BCUT2D eigenvalue weighted by Gasteiger charge is 2.38. The summed E-state index contributed by atoms with van der Waals surface area (Å²) in [6, 6.07) is 0. The lowest BCUT2D eigenvalue weighted by atomic mass is 10.6. The van der Waals surface area contributed by atoms with E-state index in [1.807, 2.05) is 0 Å². The molecule has 0 aromatic carbocycles. The molecule has 1 amide bonds. The molecule has 14 heteroatoms. The average Bonchev–Trinajstić information content (AvgIpc) is 2.60. The summed E-state index contributed by atoms with van der Waals surface area (Å²) in [5, 5.41) is 2.24. The van der Waals surface area contributed by atoms with Crippen molar-refractivity contribution in [2.24, 2.45) is 0 Å². The second-order valence-electron chi connectivity index (χ2n) is 5.25. The lowest BCUT2D eigenvalue weighted by molar-refractivity contribution is -0.118. The van der Waals surface area contributed by atoms with Gasteiger partial charge in [0, 0.05) is 56.7 Å². The quantitative estimate of drug-likeness (QED) is 0.251. The van der Waals surface area contributed by atoms with Crippen LogP contribution >= 0.6 is 54.1 Å². The zero-order valence-electron chi connectivity index (χ0n) is 15.1. The Balaban J connectivity index is 5.40. The summed E-state index contributed by atoms with van der Waals surface area (Å²) < 4.78 is 46.2. The van der Waals surface area contributed by atoms with Gasteiger partial charge in [-0.05, 0) is 0 Å². The molecule has 0 radical (unpaired) electrons. The maximum absolute atomic E-state index is 13.7. The van der Waals surface area contributed by atoms with Crippen LogP contribution in [0.15, 0.2) is 0 Å². The van der Waals surface area contributed by atoms with E-state index in [-0.39, 0.29) is 56.3 Å². The van der Waals surface area contributed by atoms with Crippen LogP contribution in [0.2, 0.25) is 0 Å². The fourth-order valence-corrected chi connectivity index (χ4v) is 6.95. The van der Waals surface area contributed by atoms with Gasteiger partial charge >= 0.3 is 7.67 Å². The minimum Gasteiger partial charge on any atom is -0.358 e. The third-order valence-corrected chi connectivity index (χ3v) is 8.28. The molecular formula is C13H26Cl4N3O5PS. The SMILES string of the molecule is CNC(=O)CS(=O)(=O)CCOP(=O)(N(CCCl)CCCl)N(CCCl)CCCl. The number of carbonyl (C=O) groups is 1. The highest BCUT2D eigenvalue weighted by atomic mass is 35.5. The number of halogens is 4. The number of sulfone groups is 1. The molecule has 0 aliphatic rings. The van der Waals surface area contributed by atoms with E-state index >= 15 is 0 Å². The number of nitrogens with zero attached hydrogens (tertiary/aromatic N) is 2. The summed E-state index contributed by atoms with van der Waals surface area (Å²) in [5.41, 5.74) is 0. The van der Waals surface area contributed by atoms with E-state index in [4.69, 9.17) is 50.9 Å². The molecule has 0 heterocycles. The first-order valence-electron chi connectivity index (χ1n) is 8.11. The van der Waals surface area contributed by atoms with Crippen LogP contribution in [-0.4, -0.2) is 98.5 Å². The molecule has 0 saturated carbocycles. The van der Waals surface area contributed by atoms with Gasteiger partial charge in [-0.3, -0.25) is 9.36 Å². The molecule has 0 saturated heterocycles. The summed E-state index contributed by atoms with van der Waals surface area (Å²) in [4.78, 5) is 11.3. The fourth-order valence-electron chi connectivity index (χ4n) is 2.09. The second-order valence-corrected chi connectivity index (χ2v) is 11.3. The van der Waals surface area contributed by atoms with Crippen molar-refractivity contribution >= 4 is 69.8 Å². The summed E-state index contributed by atoms with van der Waals surface area (Å²) in [7, 11) is -6.04. The molecule has 0 atom stereocenters. The van der Waals surface area contributed by atoms with Gasteiger partial charge in [-0.25, -0.2) is 17.8 Å². The van der Waals surface area contributed by atoms with Crippen molar-refractivity contribution in [3.63, 3.8) is 0 Å². The van der Waals surface area contributed by atoms with Crippen LogP contribution in [0, 0.1) is 0 Å². The van der Waals surface area contributed by atoms with Crippen LogP contribution in [0.5, 0.6) is 0 Å². The average molecular weight is 509 g/mol. The van der Waals surface area contributed by atoms with Crippen molar-refractivity contribution in [1.29, 1.82) is 0 Å². The van der Waals surface area contributed by atoms with Gasteiger partial charge in [0.15, 0.2) is 9.84 Å². The third-order valence-electron chi connectivity index (χ3n) is 3.37. The molecule has 162 valence electrons. The van der Waals surface area contributed by atoms with Crippen molar-refractivity contribution in [3.05, 3.63) is 0 Å². The van der Waals surface area contributed by atoms with Gasteiger partial charge in [-0.1, -0.05) is 0 Å². The van der Waals surface area contributed by atoms with Crippen LogP contribution in [0.4, 0.5) is 0 Å². The molecule has 0 fully saturated rings. The summed E-state index contributed by atoms with van der Waals surface area (Å²) >= 11 is 23.2. The molecule has 0 rings (SSSR count). The van der Waals surface area contributed by atoms with E-state index in [0.717, 1.165) is 0 Å². The van der Waals surface area contributed by atoms with E-state index < -0.39 is 34.9 Å². The lowest BCUT2D eigenvalue weighted by Crippen LogP contribution is -2.38. The number of carbonyl (C=O) groups excluding carboxylic acids is 1. The Morgan fingerprint density at radius 2 is 1.37 bits per heavy atom. The van der Waals surface area contributed by atoms with Crippen molar-refractivity contribution in [2.45, 2.75) is 0 Å². The Morgan fingerprint density at radius 1 is 0.963 bits per heavy atom. The van der Waals surface area contributed by atoms with Crippen molar-refractivity contribution in [3.8, 4) is 0 Å². The summed E-state index contributed by atoms with van der Waals surface area (Å²) in [6.07, 6.45) is 0. The Labute approximate surface area is 181 Å². The van der Waals surface area contributed by atoms with E-state index in [9.17, 15) is 17.8 Å². The number of amides is 1. The predicted octanol–water partition coefficient (Wildman–Crippen LogP) is 1.83. The minimum atomic E-state index is -3.72. The maximum atomic E-state index is 13.7. The van der Waals surface area contributed by atoms with Gasteiger partial charge in [0.25, 0.3) is 0 Å². The largest absolute Gasteiger partial charge is 0.358 e. The van der Waals surface area contributed by atoms with E-state index in [0.29, 0.717) is 0 Å². The third kappa shape index (κ3) is 10.3. The first-order valence-corrected chi connectivity index (χ1v) is 13.6. The Hall–Kier alpha value is 0.690. The van der Waals surface area contributed by atoms with Gasteiger partial charge in [0.1, 0.15) is 5.75 Å². The second kappa shape index (κ2) is 14.6. The topological polar surface area (TPSA) is 96.0 Å². The Morgan fingerprint density at radius 3 is 1.70 bits per heavy atom. The molecule has 0 bridgehead atoms. The van der Waals surface area contributed by atoms with Crippen LogP contribution in [0.3, 0.4) is 0 Å². The number of hydrogen-bond donors (Lipinski definition) is 1. The molecule has 0 aliphatic heterocycles. The van der Waals surface area contributed by atoms with E-state index in [1.54, 1.807) is 0 Å². The zero-order valence-corrected chi connectivity index (χ0v) is 19.8. The first kappa shape index (κ1) is 27.7. The highest BCUT2D eigenvalue weighted by Crippen LogP contribution is 2.54. The molecule has 27 heavy (non-hydrogen) atoms. The molecule has 0 aromatic heterocycles. The van der Waals surface area contributed by atoms with Crippen LogP contribution in [0.1, 0.15) is 0 Å². The minimum absolute atomic E-state index is 0.175. The molecule has 0 spiro atoms. The number of alkyl halides is 4. The molecular weight excluding hydrogens is 483 g/mol. The standard InChI is InChI=1S/C13H26Cl4N3O5PS/c1-18-13(21)12-27(23,24)11-10-25-26(22,19(6-2-14)7-3-15)20(8-4-16)9-5-17/h2-12H2,1H3,(H,18,21). The number of rotatable bonds is 16. The van der Waals surface area contributed by atoms with Gasteiger partial charge in [0.05, 0.1) is 12.4 Å². The number of hydrogen-bond acceptors (Lipinski definition) is 5. The number of nitrogens with one attached hydrogen (secondary N) is 1. The summed E-state index contributed by atoms with van der Waals surface area (Å²) in [6.45, 7) is 0.517. The molecule has 1 N–H and O–H groups in total. The highest BCUT2D eigenvalue weighted by molar-refractivity contribution is 7.92. The van der Waals surface area contributed by atoms with Crippen LogP contribution in [0.25, 0.3) is 0 Å². The molecule has 0 unspecified atom stereocenters. The smallest absolute Gasteiger partial charge is 0.346 e. The van der Waals surface area contributed by atoms with Gasteiger partial charge in [-0.2, -0.15) is 0 Å². The van der Waals surface area contributed by atoms with Gasteiger partial charge in [0.2, 0.25) is 5.91 Å². The van der Waals surface area contributed by atoms with Crippen molar-refractivity contribution < 1.29 is 22.3 Å². The molecule has 0 aromatic rings. The molecule has 8 nitrogen and oxygen atoms in total.